The maximum absolute atomic E-state index is 11.2. The fraction of sp³-hybridized carbons (Fsp3) is 0.900. The number of hydrogen-bond donors (Lipinski definition) is 4. The maximum atomic E-state index is 11.2. The lowest BCUT2D eigenvalue weighted by Gasteiger charge is -2.10. The van der Waals surface area contributed by atoms with Gasteiger partial charge in [0.2, 0.25) is 5.91 Å². The summed E-state index contributed by atoms with van der Waals surface area (Å²) in [4.78, 5) is 11.2. The molecule has 0 aromatic carbocycles. The van der Waals surface area contributed by atoms with Crippen molar-refractivity contribution in [1.29, 1.82) is 0 Å². The van der Waals surface area contributed by atoms with Crippen molar-refractivity contribution in [3.8, 4) is 0 Å². The molecule has 1 amide bonds. The number of rotatable bonds is 8. The van der Waals surface area contributed by atoms with Gasteiger partial charge in [-0.25, -0.2) is 0 Å². The first-order valence-corrected chi connectivity index (χ1v) is 5.32. The van der Waals surface area contributed by atoms with Gasteiger partial charge in [0, 0.05) is 13.1 Å². The summed E-state index contributed by atoms with van der Waals surface area (Å²) < 4.78 is 0. The van der Waals surface area contributed by atoms with Gasteiger partial charge in [-0.3, -0.25) is 4.79 Å². The maximum Gasteiger partial charge on any atom is 0.233 e. The molecule has 0 spiro atoms. The van der Waals surface area contributed by atoms with E-state index in [9.17, 15) is 4.79 Å². The highest BCUT2D eigenvalue weighted by molar-refractivity contribution is 5.77. The summed E-state index contributed by atoms with van der Waals surface area (Å²) in [5.74, 6) is 0.496. The summed E-state index contributed by atoms with van der Waals surface area (Å²) in [6, 6.07) is 0. The average Bonchev–Trinajstić information content (AvgIpc) is 2.17. The van der Waals surface area contributed by atoms with Crippen LogP contribution < -0.4 is 10.6 Å². The predicted molar refractivity (Wildman–Crippen MR) is 58.4 cm³/mol. The number of nitrogens with one attached hydrogen (secondary N) is 2. The molecular weight excluding hydrogens is 196 g/mol. The molecule has 15 heavy (non-hydrogen) atoms. The molecule has 0 rings (SSSR count). The van der Waals surface area contributed by atoms with Gasteiger partial charge in [0.05, 0.1) is 19.3 Å². The zero-order valence-electron chi connectivity index (χ0n) is 9.49. The number of aliphatic hydroxyl groups is 2. The van der Waals surface area contributed by atoms with Crippen LogP contribution in [0.1, 0.15) is 20.3 Å². The summed E-state index contributed by atoms with van der Waals surface area (Å²) in [6.07, 6.45) is 0.166. The monoisotopic (exact) mass is 218 g/mol. The Morgan fingerprint density at radius 3 is 2.60 bits per heavy atom. The first-order valence-electron chi connectivity index (χ1n) is 5.32. The van der Waals surface area contributed by atoms with Gasteiger partial charge in [0.1, 0.15) is 0 Å². The number of hydrogen-bond acceptors (Lipinski definition) is 4. The normalized spacial score (nSPS) is 12.9. The van der Waals surface area contributed by atoms with Gasteiger partial charge < -0.3 is 20.8 Å². The minimum atomic E-state index is -0.798. The predicted octanol–water partition coefficient (Wildman–Crippen LogP) is -0.908. The Balaban J connectivity index is 3.33. The molecule has 0 saturated heterocycles. The summed E-state index contributed by atoms with van der Waals surface area (Å²) in [7, 11) is 0. The van der Waals surface area contributed by atoms with Crippen LogP contribution in [0.2, 0.25) is 0 Å². The largest absolute Gasteiger partial charge is 0.394 e. The Morgan fingerprint density at radius 1 is 1.40 bits per heavy atom. The van der Waals surface area contributed by atoms with Gasteiger partial charge in [-0.05, 0) is 12.3 Å². The third kappa shape index (κ3) is 9.65. The van der Waals surface area contributed by atoms with Crippen LogP contribution in [0.25, 0.3) is 0 Å². The molecule has 0 heterocycles. The van der Waals surface area contributed by atoms with Gasteiger partial charge in [0.25, 0.3) is 0 Å². The molecule has 1 unspecified atom stereocenters. The molecule has 0 fully saturated rings. The van der Waals surface area contributed by atoms with E-state index in [4.69, 9.17) is 10.2 Å². The van der Waals surface area contributed by atoms with Crippen LogP contribution in [0.5, 0.6) is 0 Å². The standard InChI is InChI=1S/C10H22N2O3/c1-8(2)3-4-12-10(15)6-11-5-9(14)7-13/h8-9,11,13-14H,3-7H2,1-2H3,(H,12,15). The van der Waals surface area contributed by atoms with E-state index in [0.29, 0.717) is 12.5 Å². The topological polar surface area (TPSA) is 81.6 Å². The van der Waals surface area contributed by atoms with Crippen LogP contribution in [-0.4, -0.2) is 48.5 Å². The van der Waals surface area contributed by atoms with Gasteiger partial charge in [-0.1, -0.05) is 13.8 Å². The molecule has 0 radical (unpaired) electrons. The van der Waals surface area contributed by atoms with E-state index in [-0.39, 0.29) is 25.6 Å². The van der Waals surface area contributed by atoms with E-state index in [1.165, 1.54) is 0 Å². The van der Waals surface area contributed by atoms with Crippen molar-refractivity contribution in [2.75, 3.05) is 26.2 Å². The fourth-order valence-corrected chi connectivity index (χ4v) is 0.980. The Morgan fingerprint density at radius 2 is 2.07 bits per heavy atom. The molecule has 90 valence electrons. The van der Waals surface area contributed by atoms with Crippen LogP contribution in [-0.2, 0) is 4.79 Å². The molecule has 5 heteroatoms. The second-order valence-electron chi connectivity index (χ2n) is 4.00. The third-order valence-electron chi connectivity index (χ3n) is 1.92. The zero-order valence-corrected chi connectivity index (χ0v) is 9.49. The van der Waals surface area contributed by atoms with Gasteiger partial charge in [-0.15, -0.1) is 0 Å². The minimum absolute atomic E-state index is 0.0826. The summed E-state index contributed by atoms with van der Waals surface area (Å²) in [5, 5.41) is 23.0. The van der Waals surface area contributed by atoms with E-state index in [1.807, 2.05) is 0 Å². The lowest BCUT2D eigenvalue weighted by Crippen LogP contribution is -2.38. The zero-order chi connectivity index (χ0) is 11.7. The number of carbonyl (C=O) groups excluding carboxylic acids is 1. The molecule has 0 aliphatic carbocycles. The van der Waals surface area contributed by atoms with Gasteiger partial charge in [-0.2, -0.15) is 0 Å². The van der Waals surface area contributed by atoms with Crippen molar-refractivity contribution in [1.82, 2.24) is 10.6 Å². The molecule has 5 nitrogen and oxygen atoms in total. The molecule has 0 aromatic heterocycles. The Kier molecular flexibility index (Phi) is 8.27. The van der Waals surface area contributed by atoms with Crippen molar-refractivity contribution in [2.24, 2.45) is 5.92 Å². The quantitative estimate of drug-likeness (QED) is 0.425. The number of aliphatic hydroxyl groups excluding tert-OH is 2. The number of carbonyl (C=O) groups is 1. The second kappa shape index (κ2) is 8.64. The smallest absolute Gasteiger partial charge is 0.233 e. The van der Waals surface area contributed by atoms with E-state index in [1.54, 1.807) is 0 Å². The average molecular weight is 218 g/mol. The molecule has 4 N–H and O–H groups in total. The molecule has 0 aliphatic rings. The van der Waals surface area contributed by atoms with E-state index < -0.39 is 6.10 Å². The molecule has 0 aliphatic heterocycles. The van der Waals surface area contributed by atoms with Crippen LogP contribution in [0, 0.1) is 5.92 Å². The van der Waals surface area contributed by atoms with Crippen LogP contribution in [0.4, 0.5) is 0 Å². The van der Waals surface area contributed by atoms with Gasteiger partial charge in [0.15, 0.2) is 0 Å². The van der Waals surface area contributed by atoms with Crippen LogP contribution in [0.3, 0.4) is 0 Å². The van der Waals surface area contributed by atoms with Gasteiger partial charge >= 0.3 is 0 Å². The van der Waals surface area contributed by atoms with E-state index in [0.717, 1.165) is 6.42 Å². The fourth-order valence-electron chi connectivity index (χ4n) is 0.980. The number of amides is 1. The molecule has 0 saturated carbocycles. The summed E-state index contributed by atoms with van der Waals surface area (Å²) >= 11 is 0. The Bertz CT molecular complexity index is 174. The molecule has 0 bridgehead atoms. The van der Waals surface area contributed by atoms with Crippen molar-refractivity contribution in [3.63, 3.8) is 0 Å². The van der Waals surface area contributed by atoms with Crippen molar-refractivity contribution >= 4 is 5.91 Å². The Hall–Kier alpha value is -0.650. The SMILES string of the molecule is CC(C)CCNC(=O)CNCC(O)CO. The lowest BCUT2D eigenvalue weighted by molar-refractivity contribution is -0.120. The van der Waals surface area contributed by atoms with Crippen LogP contribution >= 0.6 is 0 Å². The highest BCUT2D eigenvalue weighted by Crippen LogP contribution is 1.95. The molecular formula is C10H22N2O3. The second-order valence-corrected chi connectivity index (χ2v) is 4.00. The van der Waals surface area contributed by atoms with Crippen molar-refractivity contribution in [3.05, 3.63) is 0 Å². The first kappa shape index (κ1) is 14.3. The molecule has 0 aromatic rings. The van der Waals surface area contributed by atoms with Crippen LogP contribution in [0.15, 0.2) is 0 Å². The molecule has 1 atom stereocenters. The van der Waals surface area contributed by atoms with Crippen molar-refractivity contribution < 1.29 is 15.0 Å². The summed E-state index contributed by atoms with van der Waals surface area (Å²) in [6.45, 7) is 5.00. The lowest BCUT2D eigenvalue weighted by atomic mass is 10.1. The van der Waals surface area contributed by atoms with E-state index >= 15 is 0 Å². The first-order chi connectivity index (χ1) is 7.06. The summed E-state index contributed by atoms with van der Waals surface area (Å²) in [5.41, 5.74) is 0. The minimum Gasteiger partial charge on any atom is -0.394 e. The third-order valence-corrected chi connectivity index (χ3v) is 1.92. The van der Waals surface area contributed by atoms with E-state index in [2.05, 4.69) is 24.5 Å². The highest BCUT2D eigenvalue weighted by Gasteiger charge is 2.04. The highest BCUT2D eigenvalue weighted by atomic mass is 16.3. The Labute approximate surface area is 90.9 Å². The van der Waals surface area contributed by atoms with Crippen molar-refractivity contribution in [2.45, 2.75) is 26.4 Å².